The lowest BCUT2D eigenvalue weighted by Crippen LogP contribution is -2.24. The number of hydrogen-bond donors (Lipinski definition) is 2. The van der Waals surface area contributed by atoms with Gasteiger partial charge in [-0.25, -0.2) is 5.10 Å². The van der Waals surface area contributed by atoms with Gasteiger partial charge in [-0.3, -0.25) is 19.7 Å². The number of benzene rings is 1. The maximum Gasteiger partial charge on any atom is 0.433 e. The van der Waals surface area contributed by atoms with Crippen LogP contribution < -0.4 is 10.9 Å². The molecule has 9 nitrogen and oxygen atoms in total. The molecule has 0 saturated heterocycles. The van der Waals surface area contributed by atoms with Gasteiger partial charge >= 0.3 is 5.88 Å². The van der Waals surface area contributed by atoms with Gasteiger partial charge in [-0.1, -0.05) is 18.2 Å². The number of rotatable bonds is 4. The average Bonchev–Trinajstić information content (AvgIpc) is 3.05. The van der Waals surface area contributed by atoms with E-state index in [1.54, 1.807) is 24.3 Å². The number of amides is 1. The lowest BCUT2D eigenvalue weighted by molar-refractivity contribution is -0.402. The van der Waals surface area contributed by atoms with Gasteiger partial charge in [0.2, 0.25) is 0 Å². The zero-order chi connectivity index (χ0) is 16.4. The second-order valence-electron chi connectivity index (χ2n) is 4.62. The molecule has 0 radical (unpaired) electrons. The standard InChI is InChI=1S/C14H10N4O5/c19-13-9-4-2-1-3-8(9)10(16-17-13)7-15-14(20)11-5-6-12(23-11)18(21)22/h1-6H,7H2,(H,15,20)(H,17,19). The smallest absolute Gasteiger partial charge is 0.395 e. The lowest BCUT2D eigenvalue weighted by atomic mass is 10.1. The fraction of sp³-hybridized carbons (Fsp3) is 0.0714. The molecule has 116 valence electrons. The van der Waals surface area contributed by atoms with Gasteiger partial charge < -0.3 is 9.73 Å². The highest BCUT2D eigenvalue weighted by atomic mass is 16.6. The van der Waals surface area contributed by atoms with Crippen molar-refractivity contribution in [3.05, 3.63) is 68.3 Å². The first-order valence-corrected chi connectivity index (χ1v) is 6.55. The molecular formula is C14H10N4O5. The van der Waals surface area contributed by atoms with E-state index in [2.05, 4.69) is 15.5 Å². The number of H-pyrrole nitrogens is 1. The SMILES string of the molecule is O=C(NCc1n[nH]c(=O)c2ccccc12)c1ccc([N+](=O)[O-])o1. The molecule has 2 heterocycles. The van der Waals surface area contributed by atoms with Crippen molar-refractivity contribution in [1.29, 1.82) is 0 Å². The minimum absolute atomic E-state index is 0.0324. The first kappa shape index (κ1) is 14.4. The zero-order valence-corrected chi connectivity index (χ0v) is 11.6. The molecule has 0 fully saturated rings. The third kappa shape index (κ3) is 2.79. The summed E-state index contributed by atoms with van der Waals surface area (Å²) >= 11 is 0. The molecule has 0 bridgehead atoms. The Bertz CT molecular complexity index is 959. The molecule has 3 aromatic rings. The largest absolute Gasteiger partial charge is 0.433 e. The molecule has 3 rings (SSSR count). The van der Waals surface area contributed by atoms with Crippen LogP contribution in [0.4, 0.5) is 5.88 Å². The molecule has 2 aromatic heterocycles. The van der Waals surface area contributed by atoms with Crippen molar-refractivity contribution in [1.82, 2.24) is 15.5 Å². The lowest BCUT2D eigenvalue weighted by Gasteiger charge is -2.05. The van der Waals surface area contributed by atoms with Crippen molar-refractivity contribution >= 4 is 22.6 Å². The molecule has 0 atom stereocenters. The Balaban J connectivity index is 1.80. The van der Waals surface area contributed by atoms with E-state index in [0.717, 1.165) is 6.07 Å². The molecule has 0 saturated carbocycles. The molecule has 1 aromatic carbocycles. The Hall–Kier alpha value is -3.49. The molecule has 0 aliphatic heterocycles. The van der Waals surface area contributed by atoms with Crippen molar-refractivity contribution in [2.75, 3.05) is 0 Å². The number of carbonyl (C=O) groups excluding carboxylic acids is 1. The van der Waals surface area contributed by atoms with Gasteiger partial charge in [0.05, 0.1) is 23.7 Å². The van der Waals surface area contributed by atoms with Crippen LogP contribution in [0, 0.1) is 10.1 Å². The van der Waals surface area contributed by atoms with Crippen molar-refractivity contribution in [3.8, 4) is 0 Å². The average molecular weight is 314 g/mol. The van der Waals surface area contributed by atoms with Crippen molar-refractivity contribution in [2.24, 2.45) is 0 Å². The molecule has 1 amide bonds. The zero-order valence-electron chi connectivity index (χ0n) is 11.6. The van der Waals surface area contributed by atoms with Crippen LogP contribution in [0.3, 0.4) is 0 Å². The first-order valence-electron chi connectivity index (χ1n) is 6.55. The number of aromatic nitrogens is 2. The van der Waals surface area contributed by atoms with Crippen LogP contribution in [0.5, 0.6) is 0 Å². The predicted molar refractivity (Wildman–Crippen MR) is 78.9 cm³/mol. The van der Waals surface area contributed by atoms with Crippen LogP contribution in [0.1, 0.15) is 16.2 Å². The van der Waals surface area contributed by atoms with Gasteiger partial charge in [-0.2, -0.15) is 5.10 Å². The Labute approximate surface area is 128 Å². The fourth-order valence-electron chi connectivity index (χ4n) is 2.11. The summed E-state index contributed by atoms with van der Waals surface area (Å²) in [6.45, 7) is 0.0324. The number of nitrogens with one attached hydrogen (secondary N) is 2. The third-order valence-electron chi connectivity index (χ3n) is 3.19. The summed E-state index contributed by atoms with van der Waals surface area (Å²) in [5, 5.41) is 20.4. The Morgan fingerprint density at radius 1 is 1.26 bits per heavy atom. The number of nitrogens with zero attached hydrogens (tertiary/aromatic N) is 2. The maximum atomic E-state index is 11.9. The summed E-state index contributed by atoms with van der Waals surface area (Å²) in [5.74, 6) is -1.30. The number of carbonyl (C=O) groups is 1. The minimum atomic E-state index is -0.728. The van der Waals surface area contributed by atoms with Crippen molar-refractivity contribution in [2.45, 2.75) is 6.54 Å². The summed E-state index contributed by atoms with van der Waals surface area (Å²) in [7, 11) is 0. The van der Waals surface area contributed by atoms with Gasteiger partial charge in [0, 0.05) is 5.39 Å². The van der Waals surface area contributed by atoms with Crippen LogP contribution in [-0.2, 0) is 6.54 Å². The first-order chi connectivity index (χ1) is 11.1. The maximum absolute atomic E-state index is 11.9. The quantitative estimate of drug-likeness (QED) is 0.552. The molecule has 23 heavy (non-hydrogen) atoms. The second kappa shape index (κ2) is 5.72. The topological polar surface area (TPSA) is 131 Å². The molecule has 0 unspecified atom stereocenters. The molecule has 2 N–H and O–H groups in total. The van der Waals surface area contributed by atoms with Crippen LogP contribution in [-0.4, -0.2) is 21.0 Å². The highest BCUT2D eigenvalue weighted by Crippen LogP contribution is 2.16. The van der Waals surface area contributed by atoms with Crippen LogP contribution in [0.15, 0.2) is 45.6 Å². The van der Waals surface area contributed by atoms with E-state index < -0.39 is 16.7 Å². The predicted octanol–water partition coefficient (Wildman–Crippen LogP) is 1.35. The van der Waals surface area contributed by atoms with Gasteiger partial charge in [-0.05, 0) is 12.1 Å². The molecule has 0 aliphatic carbocycles. The highest BCUT2D eigenvalue weighted by molar-refractivity contribution is 5.92. The van der Waals surface area contributed by atoms with E-state index in [1.165, 1.54) is 6.07 Å². The van der Waals surface area contributed by atoms with Crippen LogP contribution in [0.2, 0.25) is 0 Å². The number of aromatic amines is 1. The monoisotopic (exact) mass is 314 g/mol. The molecule has 0 spiro atoms. The summed E-state index contributed by atoms with van der Waals surface area (Å²) in [4.78, 5) is 33.4. The normalized spacial score (nSPS) is 10.6. The number of hydrogen-bond acceptors (Lipinski definition) is 6. The van der Waals surface area contributed by atoms with E-state index >= 15 is 0 Å². The summed E-state index contributed by atoms with van der Waals surface area (Å²) in [6, 6.07) is 9.16. The van der Waals surface area contributed by atoms with E-state index in [9.17, 15) is 19.7 Å². The molecule has 9 heteroatoms. The number of fused-ring (bicyclic) bond motifs is 1. The number of furan rings is 1. The summed E-state index contributed by atoms with van der Waals surface area (Å²) in [5.41, 5.74) is 0.145. The molecular weight excluding hydrogens is 304 g/mol. The van der Waals surface area contributed by atoms with Crippen LogP contribution >= 0.6 is 0 Å². The van der Waals surface area contributed by atoms with Gasteiger partial charge in [0.1, 0.15) is 4.92 Å². The summed E-state index contributed by atoms with van der Waals surface area (Å²) < 4.78 is 4.81. The van der Waals surface area contributed by atoms with E-state index in [0.29, 0.717) is 16.5 Å². The summed E-state index contributed by atoms with van der Waals surface area (Å²) in [6.07, 6.45) is 0. The van der Waals surface area contributed by atoms with Gasteiger partial charge in [-0.15, -0.1) is 0 Å². The Morgan fingerprint density at radius 3 is 2.70 bits per heavy atom. The van der Waals surface area contributed by atoms with Gasteiger partial charge in [0.25, 0.3) is 11.5 Å². The highest BCUT2D eigenvalue weighted by Gasteiger charge is 2.17. The van der Waals surface area contributed by atoms with E-state index in [1.807, 2.05) is 0 Å². The molecule has 0 aliphatic rings. The van der Waals surface area contributed by atoms with Crippen LogP contribution in [0.25, 0.3) is 10.8 Å². The Morgan fingerprint density at radius 2 is 2.00 bits per heavy atom. The third-order valence-corrected chi connectivity index (χ3v) is 3.19. The van der Waals surface area contributed by atoms with Crippen molar-refractivity contribution < 1.29 is 14.1 Å². The minimum Gasteiger partial charge on any atom is -0.395 e. The van der Waals surface area contributed by atoms with E-state index in [-0.39, 0.29) is 17.9 Å². The fourth-order valence-corrected chi connectivity index (χ4v) is 2.11. The number of nitro groups is 1. The van der Waals surface area contributed by atoms with E-state index in [4.69, 9.17) is 4.42 Å². The van der Waals surface area contributed by atoms with Gasteiger partial charge in [0.15, 0.2) is 5.76 Å². The second-order valence-corrected chi connectivity index (χ2v) is 4.62. The van der Waals surface area contributed by atoms with Crippen molar-refractivity contribution in [3.63, 3.8) is 0 Å². The Kier molecular flexibility index (Phi) is 3.59.